The van der Waals surface area contributed by atoms with Crippen LogP contribution >= 0.6 is 0 Å². The molecule has 0 saturated heterocycles. The smallest absolute Gasteiger partial charge is 0.0439 e. The fourth-order valence-corrected chi connectivity index (χ4v) is 2.52. The number of allylic oxidation sites excluding steroid dienone is 7. The monoisotopic (exact) mass is 340 g/mol. The van der Waals surface area contributed by atoms with Crippen LogP contribution < -0.4 is 10.6 Å². The minimum atomic E-state index is 0.364. The van der Waals surface area contributed by atoms with Crippen molar-refractivity contribution in [1.29, 1.82) is 0 Å². The van der Waals surface area contributed by atoms with Gasteiger partial charge in [-0.3, -0.25) is 0 Å². The summed E-state index contributed by atoms with van der Waals surface area (Å²) in [4.78, 5) is 0. The van der Waals surface area contributed by atoms with Gasteiger partial charge in [-0.15, -0.1) is 0 Å². The lowest BCUT2D eigenvalue weighted by atomic mass is 9.99. The highest BCUT2D eigenvalue weighted by atomic mass is 14.8. The molecule has 0 aromatic rings. The maximum atomic E-state index is 3.89. The molecule has 0 fully saturated rings. The number of likely N-dealkylation sites (N-methyl/N-ethyl adjacent to an activating group) is 2. The third kappa shape index (κ3) is 9.11. The summed E-state index contributed by atoms with van der Waals surface area (Å²) in [6.07, 6.45) is 19.2. The van der Waals surface area contributed by atoms with Crippen molar-refractivity contribution in [3.8, 4) is 0 Å². The van der Waals surface area contributed by atoms with Gasteiger partial charge in [0.15, 0.2) is 0 Å². The van der Waals surface area contributed by atoms with E-state index < -0.39 is 0 Å². The Morgan fingerprint density at radius 3 is 2.32 bits per heavy atom. The largest absolute Gasteiger partial charge is 0.388 e. The van der Waals surface area contributed by atoms with Gasteiger partial charge in [0.05, 0.1) is 0 Å². The molecule has 2 nitrogen and oxygen atoms in total. The molecule has 0 amide bonds. The topological polar surface area (TPSA) is 24.1 Å². The SMILES string of the molecule is C=C/C(=C/CC)C1=C[C@H](NC)C=CCC1.C=C/C(=C\CC)C(=C)NC. The fraction of sp³-hybridized carbons (Fsp3) is 0.391. The number of hydrogen-bond acceptors (Lipinski definition) is 2. The summed E-state index contributed by atoms with van der Waals surface area (Å²) in [6.45, 7) is 15.6. The first-order valence-corrected chi connectivity index (χ1v) is 9.14. The van der Waals surface area contributed by atoms with Crippen LogP contribution in [0.4, 0.5) is 0 Å². The van der Waals surface area contributed by atoms with E-state index in [-0.39, 0.29) is 0 Å². The lowest BCUT2D eigenvalue weighted by molar-refractivity contribution is 0.787. The second-order valence-corrected chi connectivity index (χ2v) is 5.75. The number of rotatable bonds is 8. The van der Waals surface area contributed by atoms with Crippen LogP contribution in [0.1, 0.15) is 39.5 Å². The van der Waals surface area contributed by atoms with Gasteiger partial charge in [0, 0.05) is 18.8 Å². The van der Waals surface area contributed by atoms with Crippen molar-refractivity contribution in [2.45, 2.75) is 45.6 Å². The van der Waals surface area contributed by atoms with Crippen LogP contribution in [-0.2, 0) is 0 Å². The van der Waals surface area contributed by atoms with Gasteiger partial charge in [-0.25, -0.2) is 0 Å². The van der Waals surface area contributed by atoms with E-state index in [1.54, 1.807) is 0 Å². The second-order valence-electron chi connectivity index (χ2n) is 5.75. The van der Waals surface area contributed by atoms with Crippen molar-refractivity contribution in [2.75, 3.05) is 14.1 Å². The molecule has 0 radical (unpaired) electrons. The summed E-state index contributed by atoms with van der Waals surface area (Å²) in [6, 6.07) is 0.364. The van der Waals surface area contributed by atoms with Gasteiger partial charge >= 0.3 is 0 Å². The fourth-order valence-electron chi connectivity index (χ4n) is 2.52. The summed E-state index contributed by atoms with van der Waals surface area (Å²) in [7, 11) is 3.85. The standard InChI is InChI=1S/C14H21N.C9H15N/c1-4-8-12(5-2)13-9-6-7-10-14(11-13)15-3;1-5-7-9(6-2)8(3)10-4/h5,7-8,10-11,14-15H,2,4,6,9H2,1,3H3;6-7,10H,2-3,5H2,1,4H3/b12-8-;9-7+/t14-;/m1./s1. The van der Waals surface area contributed by atoms with Gasteiger partial charge in [0.1, 0.15) is 0 Å². The van der Waals surface area contributed by atoms with Crippen LogP contribution in [0.15, 0.2) is 84.7 Å². The van der Waals surface area contributed by atoms with Crippen molar-refractivity contribution in [3.05, 3.63) is 84.7 Å². The summed E-state index contributed by atoms with van der Waals surface area (Å²) >= 11 is 0. The predicted octanol–water partition coefficient (Wildman–Crippen LogP) is 5.62. The Hall–Kier alpha value is -2.06. The maximum Gasteiger partial charge on any atom is 0.0439 e. The van der Waals surface area contributed by atoms with Gasteiger partial charge in [0.2, 0.25) is 0 Å². The van der Waals surface area contributed by atoms with E-state index in [2.05, 4.69) is 74.6 Å². The van der Waals surface area contributed by atoms with Crippen LogP contribution in [0.2, 0.25) is 0 Å². The van der Waals surface area contributed by atoms with Crippen LogP contribution in [0.3, 0.4) is 0 Å². The van der Waals surface area contributed by atoms with Crippen molar-refractivity contribution < 1.29 is 0 Å². The molecule has 2 heteroatoms. The van der Waals surface area contributed by atoms with Gasteiger partial charge < -0.3 is 10.6 Å². The Morgan fingerprint density at radius 1 is 1.16 bits per heavy atom. The van der Waals surface area contributed by atoms with E-state index in [9.17, 15) is 0 Å². The lowest BCUT2D eigenvalue weighted by Gasteiger charge is -2.10. The third-order valence-corrected chi connectivity index (χ3v) is 3.95. The Balaban J connectivity index is 0.000000504. The maximum absolute atomic E-state index is 3.89. The molecule has 1 atom stereocenters. The molecule has 0 aromatic heterocycles. The zero-order valence-corrected chi connectivity index (χ0v) is 16.6. The van der Waals surface area contributed by atoms with Crippen molar-refractivity contribution in [3.63, 3.8) is 0 Å². The van der Waals surface area contributed by atoms with Gasteiger partial charge in [0.25, 0.3) is 0 Å². The highest BCUT2D eigenvalue weighted by molar-refractivity contribution is 5.41. The van der Waals surface area contributed by atoms with Crippen molar-refractivity contribution in [2.24, 2.45) is 0 Å². The lowest BCUT2D eigenvalue weighted by Crippen LogP contribution is -2.20. The molecule has 0 unspecified atom stereocenters. The molecule has 25 heavy (non-hydrogen) atoms. The molecule has 0 bridgehead atoms. The molecule has 0 aliphatic heterocycles. The van der Waals surface area contributed by atoms with Crippen molar-refractivity contribution in [1.82, 2.24) is 10.6 Å². The zero-order valence-electron chi connectivity index (χ0n) is 16.6. The molecule has 1 rings (SSSR count). The molecule has 0 aromatic carbocycles. The molecule has 1 aliphatic rings. The quantitative estimate of drug-likeness (QED) is 0.443. The minimum absolute atomic E-state index is 0.364. The van der Waals surface area contributed by atoms with Crippen molar-refractivity contribution >= 4 is 0 Å². The third-order valence-electron chi connectivity index (χ3n) is 3.95. The molecule has 138 valence electrons. The predicted molar refractivity (Wildman–Crippen MR) is 115 cm³/mol. The summed E-state index contributed by atoms with van der Waals surface area (Å²) < 4.78 is 0. The van der Waals surface area contributed by atoms with Gasteiger partial charge in [-0.1, -0.05) is 76.1 Å². The highest BCUT2D eigenvalue weighted by Crippen LogP contribution is 2.21. The van der Waals surface area contributed by atoms with E-state index in [0.29, 0.717) is 6.04 Å². The molecule has 0 heterocycles. The highest BCUT2D eigenvalue weighted by Gasteiger charge is 2.07. The summed E-state index contributed by atoms with van der Waals surface area (Å²) in [5.41, 5.74) is 4.72. The normalized spacial score (nSPS) is 17.6. The Kier molecular flexibility index (Phi) is 13.1. The van der Waals surface area contributed by atoms with Crippen LogP contribution in [0.5, 0.6) is 0 Å². The van der Waals surface area contributed by atoms with E-state index in [1.807, 2.05) is 26.2 Å². The second kappa shape index (κ2) is 14.3. The Labute approximate surface area is 155 Å². The Morgan fingerprint density at radius 2 is 1.84 bits per heavy atom. The molecular formula is C23H36N2. The Bertz CT molecular complexity index is 544. The molecule has 2 N–H and O–H groups in total. The first kappa shape index (κ1) is 22.9. The first-order valence-electron chi connectivity index (χ1n) is 9.14. The van der Waals surface area contributed by atoms with Crippen LogP contribution in [0.25, 0.3) is 0 Å². The average Bonchev–Trinajstić information content (AvgIpc) is 2.89. The summed E-state index contributed by atoms with van der Waals surface area (Å²) in [5, 5.41) is 6.24. The van der Waals surface area contributed by atoms with E-state index >= 15 is 0 Å². The number of hydrogen-bond donors (Lipinski definition) is 2. The van der Waals surface area contributed by atoms with Gasteiger partial charge in [-0.2, -0.15) is 0 Å². The van der Waals surface area contributed by atoms with Gasteiger partial charge in [-0.05, 0) is 49.5 Å². The minimum Gasteiger partial charge on any atom is -0.388 e. The van der Waals surface area contributed by atoms with Crippen LogP contribution in [-0.4, -0.2) is 20.1 Å². The average molecular weight is 341 g/mol. The molecule has 0 spiro atoms. The zero-order chi connectivity index (χ0) is 19.1. The molecule has 0 saturated carbocycles. The van der Waals surface area contributed by atoms with Crippen LogP contribution in [0, 0.1) is 0 Å². The molecular weight excluding hydrogens is 304 g/mol. The first-order chi connectivity index (χ1) is 12.1. The van der Waals surface area contributed by atoms with E-state index in [1.165, 1.54) is 11.1 Å². The van der Waals surface area contributed by atoms with E-state index in [0.717, 1.165) is 37.0 Å². The van der Waals surface area contributed by atoms with E-state index in [4.69, 9.17) is 0 Å². The summed E-state index contributed by atoms with van der Waals surface area (Å²) in [5.74, 6) is 0. The molecule has 1 aliphatic carbocycles. The number of nitrogens with one attached hydrogen (secondary N) is 2.